The van der Waals surface area contributed by atoms with Crippen molar-refractivity contribution in [2.24, 2.45) is 10.9 Å². The third-order valence-electron chi connectivity index (χ3n) is 4.64. The Bertz CT molecular complexity index is 582. The maximum absolute atomic E-state index is 11.8. The van der Waals surface area contributed by atoms with Gasteiger partial charge in [-0.05, 0) is 49.8 Å². The third-order valence-corrected chi connectivity index (χ3v) is 4.64. The quantitative estimate of drug-likeness (QED) is 0.767. The number of nitrogens with one attached hydrogen (secondary N) is 3. The summed E-state index contributed by atoms with van der Waals surface area (Å²) in [6.45, 7) is 6.13. The fourth-order valence-electron chi connectivity index (χ4n) is 3.28. The Hall–Kier alpha value is -1.95. The number of hydrogen-bond donors (Lipinski definition) is 3. The summed E-state index contributed by atoms with van der Waals surface area (Å²) in [5, 5.41) is 9.38. The number of benzene rings is 1. The van der Waals surface area contributed by atoms with Crippen LogP contribution in [0.25, 0.3) is 0 Å². The van der Waals surface area contributed by atoms with Gasteiger partial charge in [-0.25, -0.2) is 4.79 Å². The summed E-state index contributed by atoms with van der Waals surface area (Å²) in [4.78, 5) is 18.1. The van der Waals surface area contributed by atoms with E-state index < -0.39 is 0 Å². The monoisotopic (exact) mass is 365 g/mol. The molecule has 6 nitrogen and oxygen atoms in total. The zero-order valence-electron chi connectivity index (χ0n) is 14.8. The molecule has 7 heteroatoms. The molecule has 0 aliphatic carbocycles. The van der Waals surface area contributed by atoms with Crippen LogP contribution in [0.15, 0.2) is 29.3 Å². The van der Waals surface area contributed by atoms with E-state index in [-0.39, 0.29) is 18.4 Å². The van der Waals surface area contributed by atoms with Crippen molar-refractivity contribution in [1.82, 2.24) is 15.5 Å². The standard InChI is InChI=1S/C18H27N5O.ClH/c1-2-19-18(24)23-11-7-15(8-12-23)13-14-3-5-16(6-4-14)22-17-20-9-10-21-17;/h3-6,15H,2,7-13H2,1H3,(H,19,24)(H2,20,21,22);1H. The minimum Gasteiger partial charge on any atom is -0.354 e. The molecule has 0 bridgehead atoms. The van der Waals surface area contributed by atoms with Gasteiger partial charge in [0.05, 0.1) is 6.54 Å². The summed E-state index contributed by atoms with van der Waals surface area (Å²) >= 11 is 0. The molecule has 25 heavy (non-hydrogen) atoms. The van der Waals surface area contributed by atoms with E-state index >= 15 is 0 Å². The van der Waals surface area contributed by atoms with Crippen LogP contribution in [-0.2, 0) is 6.42 Å². The number of carbonyl (C=O) groups excluding carboxylic acids is 1. The van der Waals surface area contributed by atoms with E-state index in [2.05, 4.69) is 45.2 Å². The van der Waals surface area contributed by atoms with Gasteiger partial charge in [-0.3, -0.25) is 4.99 Å². The Morgan fingerprint density at radius 2 is 2.00 bits per heavy atom. The van der Waals surface area contributed by atoms with Crippen molar-refractivity contribution in [3.8, 4) is 0 Å². The number of urea groups is 1. The van der Waals surface area contributed by atoms with Crippen LogP contribution < -0.4 is 16.0 Å². The van der Waals surface area contributed by atoms with Crippen molar-refractivity contribution >= 4 is 30.1 Å². The van der Waals surface area contributed by atoms with Crippen LogP contribution >= 0.6 is 12.4 Å². The second kappa shape index (κ2) is 9.51. The van der Waals surface area contributed by atoms with E-state index in [1.807, 2.05) is 11.8 Å². The van der Waals surface area contributed by atoms with Crippen LogP contribution in [0.1, 0.15) is 25.3 Å². The average Bonchev–Trinajstić information content (AvgIpc) is 3.10. The SMILES string of the molecule is CCNC(=O)N1CCC(Cc2ccc(NC3=NCCN3)cc2)CC1.Cl. The van der Waals surface area contributed by atoms with Crippen LogP contribution in [0, 0.1) is 5.92 Å². The molecule has 0 unspecified atom stereocenters. The van der Waals surface area contributed by atoms with Gasteiger partial charge in [0.1, 0.15) is 0 Å². The van der Waals surface area contributed by atoms with Gasteiger partial charge in [0, 0.05) is 31.9 Å². The summed E-state index contributed by atoms with van der Waals surface area (Å²) in [6, 6.07) is 8.68. The zero-order valence-corrected chi connectivity index (χ0v) is 15.6. The molecule has 3 N–H and O–H groups in total. The Labute approximate surface area is 155 Å². The van der Waals surface area contributed by atoms with E-state index in [1.165, 1.54) is 5.56 Å². The van der Waals surface area contributed by atoms with E-state index in [0.29, 0.717) is 12.5 Å². The number of piperidine rings is 1. The molecule has 1 saturated heterocycles. The third kappa shape index (κ3) is 5.53. The highest BCUT2D eigenvalue weighted by Gasteiger charge is 2.22. The predicted molar refractivity (Wildman–Crippen MR) is 105 cm³/mol. The second-order valence-electron chi connectivity index (χ2n) is 6.45. The minimum absolute atomic E-state index is 0. The van der Waals surface area contributed by atoms with Crippen LogP contribution in [-0.4, -0.2) is 49.6 Å². The van der Waals surface area contributed by atoms with Crippen LogP contribution in [0.2, 0.25) is 0 Å². The molecule has 2 amide bonds. The first-order valence-corrected chi connectivity index (χ1v) is 8.91. The molecule has 0 aromatic heterocycles. The number of rotatable bonds is 4. The normalized spacial score (nSPS) is 17.3. The van der Waals surface area contributed by atoms with Gasteiger partial charge in [-0.2, -0.15) is 0 Å². The molecule has 0 atom stereocenters. The molecule has 1 aromatic carbocycles. The van der Waals surface area contributed by atoms with Crippen molar-refractivity contribution in [2.45, 2.75) is 26.2 Å². The summed E-state index contributed by atoms with van der Waals surface area (Å²) in [7, 11) is 0. The Morgan fingerprint density at radius 1 is 1.28 bits per heavy atom. The maximum atomic E-state index is 11.8. The number of hydrogen-bond acceptors (Lipinski definition) is 4. The highest BCUT2D eigenvalue weighted by atomic mass is 35.5. The summed E-state index contributed by atoms with van der Waals surface area (Å²) in [5.41, 5.74) is 2.43. The molecular weight excluding hydrogens is 338 g/mol. The molecule has 0 saturated carbocycles. The molecule has 138 valence electrons. The first-order valence-electron chi connectivity index (χ1n) is 8.91. The lowest BCUT2D eigenvalue weighted by molar-refractivity contribution is 0.171. The number of anilines is 1. The molecule has 2 heterocycles. The van der Waals surface area contributed by atoms with Gasteiger partial charge in [-0.1, -0.05) is 12.1 Å². The molecule has 3 rings (SSSR count). The minimum atomic E-state index is 0. The number of amides is 2. The smallest absolute Gasteiger partial charge is 0.317 e. The Kier molecular flexibility index (Phi) is 7.37. The van der Waals surface area contributed by atoms with E-state index in [0.717, 1.165) is 57.1 Å². The number of likely N-dealkylation sites (tertiary alicyclic amines) is 1. The molecule has 0 spiro atoms. The van der Waals surface area contributed by atoms with E-state index in [4.69, 9.17) is 0 Å². The topological polar surface area (TPSA) is 68.8 Å². The van der Waals surface area contributed by atoms with Gasteiger partial charge in [0.2, 0.25) is 0 Å². The molecule has 2 aliphatic rings. The molecule has 1 aromatic rings. The zero-order chi connectivity index (χ0) is 16.8. The summed E-state index contributed by atoms with van der Waals surface area (Å²) in [6.07, 6.45) is 3.25. The highest BCUT2D eigenvalue weighted by molar-refractivity contribution is 5.94. The largest absolute Gasteiger partial charge is 0.354 e. The average molecular weight is 366 g/mol. The molecule has 2 aliphatic heterocycles. The first-order chi connectivity index (χ1) is 11.7. The van der Waals surface area contributed by atoms with Gasteiger partial charge in [0.25, 0.3) is 0 Å². The van der Waals surface area contributed by atoms with Crippen molar-refractivity contribution in [1.29, 1.82) is 0 Å². The van der Waals surface area contributed by atoms with Crippen molar-refractivity contribution < 1.29 is 4.79 Å². The molecule has 1 fully saturated rings. The Morgan fingerprint density at radius 3 is 2.60 bits per heavy atom. The molecule has 0 radical (unpaired) electrons. The lowest BCUT2D eigenvalue weighted by atomic mass is 9.90. The van der Waals surface area contributed by atoms with E-state index in [1.54, 1.807) is 0 Å². The van der Waals surface area contributed by atoms with Crippen LogP contribution in [0.4, 0.5) is 10.5 Å². The number of carbonyl (C=O) groups is 1. The molecular formula is C18H28ClN5O. The van der Waals surface area contributed by atoms with Crippen molar-refractivity contribution in [3.05, 3.63) is 29.8 Å². The fraction of sp³-hybridized carbons (Fsp3) is 0.556. The summed E-state index contributed by atoms with van der Waals surface area (Å²) < 4.78 is 0. The second-order valence-corrected chi connectivity index (χ2v) is 6.45. The predicted octanol–water partition coefficient (Wildman–Crippen LogP) is 2.46. The van der Waals surface area contributed by atoms with Crippen molar-refractivity contribution in [3.63, 3.8) is 0 Å². The number of aliphatic imine (C=N–C) groups is 1. The lowest BCUT2D eigenvalue weighted by Gasteiger charge is -2.32. The van der Waals surface area contributed by atoms with Crippen LogP contribution in [0.3, 0.4) is 0 Å². The fourth-order valence-corrected chi connectivity index (χ4v) is 3.28. The van der Waals surface area contributed by atoms with E-state index in [9.17, 15) is 4.79 Å². The number of nitrogens with zero attached hydrogens (tertiary/aromatic N) is 2. The summed E-state index contributed by atoms with van der Waals surface area (Å²) in [5.74, 6) is 1.52. The number of halogens is 1. The van der Waals surface area contributed by atoms with Gasteiger partial charge in [0.15, 0.2) is 5.96 Å². The number of guanidine groups is 1. The first kappa shape index (κ1) is 19.4. The maximum Gasteiger partial charge on any atom is 0.317 e. The lowest BCUT2D eigenvalue weighted by Crippen LogP contribution is -2.44. The van der Waals surface area contributed by atoms with Gasteiger partial charge in [-0.15, -0.1) is 12.4 Å². The highest BCUT2D eigenvalue weighted by Crippen LogP contribution is 2.22. The van der Waals surface area contributed by atoms with Gasteiger partial charge < -0.3 is 20.9 Å². The Balaban J connectivity index is 0.00000225. The van der Waals surface area contributed by atoms with Crippen molar-refractivity contribution in [2.75, 3.05) is 38.0 Å². The van der Waals surface area contributed by atoms with Gasteiger partial charge >= 0.3 is 6.03 Å². The van der Waals surface area contributed by atoms with Crippen LogP contribution in [0.5, 0.6) is 0 Å².